The largest absolute Gasteiger partial charge is 0.507 e. The number of ether oxygens (including phenoxy) is 1. The molecule has 0 unspecified atom stereocenters. The maximum absolute atomic E-state index is 12.3. The molecule has 1 N–H and O–H groups in total. The van der Waals surface area contributed by atoms with Crippen molar-refractivity contribution in [1.82, 2.24) is 0 Å². The van der Waals surface area contributed by atoms with Crippen LogP contribution >= 0.6 is 0 Å². The summed E-state index contributed by atoms with van der Waals surface area (Å²) in [7, 11) is 0. The minimum absolute atomic E-state index is 0.152. The maximum atomic E-state index is 12.3. The van der Waals surface area contributed by atoms with Gasteiger partial charge in [-0.05, 0) is 229 Å². The summed E-state index contributed by atoms with van der Waals surface area (Å²) in [5.41, 5.74) is 16.1. The quantitative estimate of drug-likeness (QED) is 0.0330. The molecule has 0 aliphatic heterocycles. The predicted molar refractivity (Wildman–Crippen MR) is 292 cm³/mol. The molecule has 1 rings (SSSR count). The smallest absolute Gasteiger partial charge is 0.318 e. The Morgan fingerprint density at radius 3 is 1.04 bits per heavy atom. The van der Waals surface area contributed by atoms with E-state index in [4.69, 9.17) is 11.7 Å². The van der Waals surface area contributed by atoms with Crippen molar-refractivity contribution in [2.24, 2.45) is 0 Å². The lowest BCUT2D eigenvalue weighted by Gasteiger charge is -2.14. The van der Waals surface area contributed by atoms with Crippen LogP contribution in [-0.2, 0) is 16.0 Å². The van der Waals surface area contributed by atoms with E-state index in [0.717, 1.165) is 121 Å². The van der Waals surface area contributed by atoms with Crippen molar-refractivity contribution in [3.8, 4) is 11.5 Å². The van der Waals surface area contributed by atoms with E-state index < -0.39 is 5.97 Å². The normalized spacial score (nSPS) is 14.4. The Labute approximate surface area is 412 Å². The predicted octanol–water partition coefficient (Wildman–Crippen LogP) is 19.0. The van der Waals surface area contributed by atoms with Crippen LogP contribution in [0, 0.1) is 20.8 Å². The van der Waals surface area contributed by atoms with Crippen LogP contribution in [0.3, 0.4) is 0 Å². The summed E-state index contributed by atoms with van der Waals surface area (Å²) in [6, 6.07) is 1.73. The minimum atomic E-state index is -0.563. The van der Waals surface area contributed by atoms with Crippen LogP contribution < -0.4 is 4.74 Å². The van der Waals surface area contributed by atoms with E-state index >= 15 is 0 Å². The summed E-state index contributed by atoms with van der Waals surface area (Å²) in [6.07, 6.45) is 44.0. The zero-order chi connectivity index (χ0) is 50.1. The molecule has 4 heteroatoms. The zero-order valence-electron chi connectivity index (χ0n) is 44.9. The lowest BCUT2D eigenvalue weighted by molar-refractivity contribution is -0.138. The van der Waals surface area contributed by atoms with Crippen LogP contribution in [-0.4, -0.2) is 16.9 Å². The number of hydrogen-bond acceptors (Lipinski definition) is 4. The van der Waals surface area contributed by atoms with Gasteiger partial charge in [-0.3, -0.25) is 9.59 Å². The Morgan fingerprint density at radius 2 is 0.761 bits per heavy atom. The fourth-order valence-electron chi connectivity index (χ4n) is 7.74. The molecule has 1 aromatic carbocycles. The highest BCUT2D eigenvalue weighted by Gasteiger charge is 2.17. The molecular weight excluding hydrogens is 821 g/mol. The highest BCUT2D eigenvalue weighted by molar-refractivity contribution is 5.96. The molecule has 67 heavy (non-hydrogen) atoms. The molecule has 370 valence electrons. The summed E-state index contributed by atoms with van der Waals surface area (Å²) < 4.78 is 5.52. The van der Waals surface area contributed by atoms with Crippen LogP contribution in [0.4, 0.5) is 0 Å². The van der Waals surface area contributed by atoms with Crippen molar-refractivity contribution < 1.29 is 19.4 Å². The van der Waals surface area contributed by atoms with Crippen molar-refractivity contribution in [3.05, 3.63) is 146 Å². The van der Waals surface area contributed by atoms with E-state index in [1.165, 1.54) is 50.2 Å². The van der Waals surface area contributed by atoms with Gasteiger partial charge in [-0.2, -0.15) is 0 Å². The van der Waals surface area contributed by atoms with Crippen LogP contribution in [0.2, 0.25) is 0 Å². The van der Waals surface area contributed by atoms with Crippen molar-refractivity contribution in [1.29, 1.82) is 0 Å². The second-order valence-corrected chi connectivity index (χ2v) is 19.6. The number of ketones is 1. The van der Waals surface area contributed by atoms with E-state index in [-0.39, 0.29) is 18.0 Å². The molecule has 0 aliphatic rings. The summed E-state index contributed by atoms with van der Waals surface area (Å²) in [6.45, 7) is 33.3. The highest BCUT2D eigenvalue weighted by Crippen LogP contribution is 2.34. The molecule has 0 aliphatic carbocycles. The number of carbonyl (C=O) groups is 2. The standard InChI is InChI=1S/C63H94O4/c1-15-60(64)46-62(65)67-61-45-59(63(66)58(14)57(61)13)44-43-56(12)42-24-41-55(11)40-23-39-54(10)38-22-37-53(9)36-21-35-52(8)34-20-33-51(7)32-19-31-50(6)30-18-29-49(5)28-17-27-48(4)26-16-25-47(2)3/h2,25,27,29,31,33,35,37,39,41,43,45,66H,15-24,26,28,30,32,34,36,38,40,42,44,46H2,1,3-14H3/b47-25-,48-27+,49-29+,50-31+,51-33+,52-35+,53-37+,54-39+,55-41+,56-43+. The summed E-state index contributed by atoms with van der Waals surface area (Å²) in [5, 5.41) is 10.8. The average Bonchev–Trinajstić information content (AvgIpc) is 3.25. The first-order chi connectivity index (χ1) is 31.8. The number of aromatic hydroxyl groups is 1. The topological polar surface area (TPSA) is 63.6 Å². The molecule has 2 radical (unpaired) electrons. The molecule has 0 saturated heterocycles. The van der Waals surface area contributed by atoms with E-state index in [0.29, 0.717) is 35.3 Å². The summed E-state index contributed by atoms with van der Waals surface area (Å²) >= 11 is 0. The number of rotatable bonds is 33. The van der Waals surface area contributed by atoms with Gasteiger partial charge in [0.2, 0.25) is 0 Å². The molecule has 0 spiro atoms. The van der Waals surface area contributed by atoms with Gasteiger partial charge in [0.1, 0.15) is 23.7 Å². The van der Waals surface area contributed by atoms with Gasteiger partial charge in [-0.1, -0.05) is 123 Å². The molecule has 0 amide bonds. The summed E-state index contributed by atoms with van der Waals surface area (Å²) in [4.78, 5) is 24.0. The van der Waals surface area contributed by atoms with Crippen molar-refractivity contribution >= 4 is 11.8 Å². The molecule has 0 aromatic heterocycles. The molecule has 0 saturated carbocycles. The Hall–Kier alpha value is -4.44. The highest BCUT2D eigenvalue weighted by atomic mass is 16.5. The molecule has 1 aromatic rings. The fraction of sp³-hybridized carbons (Fsp3) is 0.540. The first kappa shape index (κ1) is 60.6. The van der Waals surface area contributed by atoms with Gasteiger partial charge in [0, 0.05) is 12.0 Å². The number of esters is 1. The van der Waals surface area contributed by atoms with Gasteiger partial charge in [-0.25, -0.2) is 0 Å². The number of hydrogen-bond donors (Lipinski definition) is 1. The van der Waals surface area contributed by atoms with Gasteiger partial charge in [0.05, 0.1) is 0 Å². The van der Waals surface area contributed by atoms with E-state index in [1.807, 2.05) is 20.8 Å². The van der Waals surface area contributed by atoms with Crippen molar-refractivity contribution in [2.75, 3.05) is 0 Å². The average molecular weight is 915 g/mol. The third kappa shape index (κ3) is 30.5. The van der Waals surface area contributed by atoms with Crippen LogP contribution in [0.25, 0.3) is 0 Å². The molecule has 0 atom stereocenters. The zero-order valence-corrected chi connectivity index (χ0v) is 44.9. The number of benzene rings is 1. The lowest BCUT2D eigenvalue weighted by atomic mass is 9.99. The molecule has 0 fully saturated rings. The monoisotopic (exact) mass is 915 g/mol. The Kier molecular flexibility index (Phi) is 32.2. The summed E-state index contributed by atoms with van der Waals surface area (Å²) in [5.74, 6) is -0.0840. The van der Waals surface area contributed by atoms with Gasteiger partial charge in [-0.15, -0.1) is 0 Å². The Balaban J connectivity index is 2.35. The number of phenols is 1. The Morgan fingerprint density at radius 1 is 0.478 bits per heavy atom. The SMILES string of the molecule is [CH]/C(C)=C/CC/C(C)=C/CC/C(C)=C/CC/C(C)=C/CC/C(C)=C/CC/C(C)=C/CC/C(C)=C/CC/C(C)=C/CC/C(C)=C/CC/C(C)=C/Cc1cc(OC(=O)CC(=O)CC)c(C)c(C)c1O. The van der Waals surface area contributed by atoms with Crippen LogP contribution in [0.5, 0.6) is 11.5 Å². The van der Waals surface area contributed by atoms with Gasteiger partial charge >= 0.3 is 5.97 Å². The molecule has 4 nitrogen and oxygen atoms in total. The third-order valence-electron chi connectivity index (χ3n) is 12.8. The van der Waals surface area contributed by atoms with E-state index in [1.54, 1.807) is 13.0 Å². The van der Waals surface area contributed by atoms with Crippen LogP contribution in [0.15, 0.2) is 123 Å². The molecule has 0 heterocycles. The number of phenolic OH excluding ortho intramolecular Hbond substituents is 1. The van der Waals surface area contributed by atoms with E-state index in [2.05, 4.69) is 123 Å². The van der Waals surface area contributed by atoms with Crippen LogP contribution in [0.1, 0.15) is 221 Å². The number of Topliss-reactive ketones (excluding diaryl/α,β-unsaturated/α-hetero) is 1. The first-order valence-corrected chi connectivity index (χ1v) is 25.7. The van der Waals surface area contributed by atoms with Gasteiger partial charge in [0.15, 0.2) is 0 Å². The second kappa shape index (κ2) is 35.7. The minimum Gasteiger partial charge on any atom is -0.507 e. The lowest BCUT2D eigenvalue weighted by Crippen LogP contribution is -2.14. The first-order valence-electron chi connectivity index (χ1n) is 25.7. The number of carbonyl (C=O) groups excluding carboxylic acids is 2. The third-order valence-corrected chi connectivity index (χ3v) is 12.8. The molecule has 0 bridgehead atoms. The van der Waals surface area contributed by atoms with Gasteiger partial charge < -0.3 is 9.84 Å². The fourth-order valence-corrected chi connectivity index (χ4v) is 7.74. The second-order valence-electron chi connectivity index (χ2n) is 19.6. The van der Waals surface area contributed by atoms with Gasteiger partial charge in [0.25, 0.3) is 0 Å². The Bertz CT molecular complexity index is 2010. The van der Waals surface area contributed by atoms with Crippen molar-refractivity contribution in [2.45, 2.75) is 225 Å². The van der Waals surface area contributed by atoms with E-state index in [9.17, 15) is 14.7 Å². The number of allylic oxidation sites excluding steroid dienone is 20. The van der Waals surface area contributed by atoms with Crippen molar-refractivity contribution in [3.63, 3.8) is 0 Å². The maximum Gasteiger partial charge on any atom is 0.318 e. The molecular formula is C63H94O4.